The number of rotatable bonds is 7. The highest BCUT2D eigenvalue weighted by atomic mass is 16.4. The van der Waals surface area contributed by atoms with Crippen LogP contribution in [0.3, 0.4) is 0 Å². The molecular formula is C8H16N2O3. The van der Waals surface area contributed by atoms with E-state index in [9.17, 15) is 9.59 Å². The van der Waals surface area contributed by atoms with E-state index in [4.69, 9.17) is 5.11 Å². The molecule has 0 aromatic carbocycles. The third-order valence-corrected chi connectivity index (χ3v) is 1.37. The summed E-state index contributed by atoms with van der Waals surface area (Å²) in [4.78, 5) is 21.0. The van der Waals surface area contributed by atoms with Crippen molar-refractivity contribution < 1.29 is 14.7 Å². The minimum Gasteiger partial charge on any atom is -0.481 e. The van der Waals surface area contributed by atoms with Gasteiger partial charge in [-0.05, 0) is 6.42 Å². The Kier molecular flexibility index (Phi) is 6.91. The lowest BCUT2D eigenvalue weighted by Crippen LogP contribution is -2.35. The third-order valence-electron chi connectivity index (χ3n) is 1.37. The summed E-state index contributed by atoms with van der Waals surface area (Å²) in [7, 11) is 0. The first-order valence-electron chi connectivity index (χ1n) is 4.36. The van der Waals surface area contributed by atoms with Crippen molar-refractivity contribution in [3.8, 4) is 0 Å². The van der Waals surface area contributed by atoms with E-state index >= 15 is 0 Å². The fourth-order valence-corrected chi connectivity index (χ4v) is 0.724. The fraction of sp³-hybridized carbons (Fsp3) is 0.750. The van der Waals surface area contributed by atoms with Gasteiger partial charge in [0, 0.05) is 13.1 Å². The Balaban J connectivity index is 3.22. The molecule has 0 saturated carbocycles. The average molecular weight is 188 g/mol. The molecule has 0 aromatic heterocycles. The van der Waals surface area contributed by atoms with Crippen LogP contribution in [0.2, 0.25) is 0 Å². The lowest BCUT2D eigenvalue weighted by molar-refractivity contribution is -0.137. The second-order valence-electron chi connectivity index (χ2n) is 2.67. The van der Waals surface area contributed by atoms with Gasteiger partial charge in [-0.2, -0.15) is 0 Å². The first-order valence-corrected chi connectivity index (χ1v) is 4.36. The Morgan fingerprint density at radius 2 is 2.00 bits per heavy atom. The van der Waals surface area contributed by atoms with E-state index in [-0.39, 0.29) is 18.9 Å². The standard InChI is InChI=1S/C8H16N2O3/c1-2-4-10-7(11)6-9-5-3-8(12)13/h9H,2-6H2,1H3,(H,10,11)(H,12,13). The Hall–Kier alpha value is -1.10. The Morgan fingerprint density at radius 1 is 1.31 bits per heavy atom. The van der Waals surface area contributed by atoms with Crippen molar-refractivity contribution in [3.05, 3.63) is 0 Å². The quantitative estimate of drug-likeness (QED) is 0.474. The van der Waals surface area contributed by atoms with E-state index < -0.39 is 5.97 Å². The number of carboxylic acids is 1. The van der Waals surface area contributed by atoms with E-state index in [1.807, 2.05) is 6.92 Å². The number of carbonyl (C=O) groups excluding carboxylic acids is 1. The number of aliphatic carboxylic acids is 1. The van der Waals surface area contributed by atoms with Gasteiger partial charge in [0.1, 0.15) is 0 Å². The molecule has 0 aliphatic carbocycles. The third kappa shape index (κ3) is 8.81. The van der Waals surface area contributed by atoms with Gasteiger partial charge in [-0.25, -0.2) is 0 Å². The molecule has 0 rings (SSSR count). The van der Waals surface area contributed by atoms with Gasteiger partial charge in [0.05, 0.1) is 13.0 Å². The van der Waals surface area contributed by atoms with Gasteiger partial charge < -0.3 is 15.7 Å². The van der Waals surface area contributed by atoms with Gasteiger partial charge in [0.2, 0.25) is 5.91 Å². The van der Waals surface area contributed by atoms with Gasteiger partial charge >= 0.3 is 5.97 Å². The molecule has 0 spiro atoms. The monoisotopic (exact) mass is 188 g/mol. The molecule has 0 radical (unpaired) electrons. The van der Waals surface area contributed by atoms with Gasteiger partial charge in [-0.3, -0.25) is 9.59 Å². The molecule has 3 N–H and O–H groups in total. The molecule has 0 heterocycles. The van der Waals surface area contributed by atoms with Crippen molar-refractivity contribution in [2.75, 3.05) is 19.6 Å². The minimum atomic E-state index is -0.860. The highest BCUT2D eigenvalue weighted by Crippen LogP contribution is 1.75. The molecule has 0 atom stereocenters. The molecule has 0 saturated heterocycles. The summed E-state index contributed by atoms with van der Waals surface area (Å²) in [5, 5.41) is 13.7. The van der Waals surface area contributed by atoms with Gasteiger partial charge in [-0.1, -0.05) is 6.92 Å². The Labute approximate surface area is 77.5 Å². The smallest absolute Gasteiger partial charge is 0.304 e. The molecule has 0 aliphatic heterocycles. The maximum absolute atomic E-state index is 10.9. The van der Waals surface area contributed by atoms with Crippen LogP contribution in [0.25, 0.3) is 0 Å². The first-order chi connectivity index (χ1) is 6.16. The highest BCUT2D eigenvalue weighted by molar-refractivity contribution is 5.78. The molecule has 5 heteroatoms. The Morgan fingerprint density at radius 3 is 2.54 bits per heavy atom. The second kappa shape index (κ2) is 7.54. The maximum Gasteiger partial charge on any atom is 0.304 e. The summed E-state index contributed by atoms with van der Waals surface area (Å²) in [6, 6.07) is 0. The topological polar surface area (TPSA) is 78.4 Å². The van der Waals surface area contributed by atoms with Crippen molar-refractivity contribution >= 4 is 11.9 Å². The van der Waals surface area contributed by atoms with Crippen LogP contribution in [0, 0.1) is 0 Å². The second-order valence-corrected chi connectivity index (χ2v) is 2.67. The summed E-state index contributed by atoms with van der Waals surface area (Å²) in [5.41, 5.74) is 0. The zero-order chi connectivity index (χ0) is 10.1. The van der Waals surface area contributed by atoms with Crippen LogP contribution in [0.4, 0.5) is 0 Å². The van der Waals surface area contributed by atoms with E-state index in [0.717, 1.165) is 6.42 Å². The first kappa shape index (κ1) is 11.9. The summed E-state index contributed by atoms with van der Waals surface area (Å²) < 4.78 is 0. The van der Waals surface area contributed by atoms with Crippen molar-refractivity contribution in [1.82, 2.24) is 10.6 Å². The minimum absolute atomic E-state index is 0.0427. The summed E-state index contributed by atoms with van der Waals surface area (Å²) in [6.45, 7) is 3.15. The lowest BCUT2D eigenvalue weighted by Gasteiger charge is -2.03. The number of hydrogen-bond donors (Lipinski definition) is 3. The largest absolute Gasteiger partial charge is 0.481 e. The predicted molar refractivity (Wildman–Crippen MR) is 48.4 cm³/mol. The highest BCUT2D eigenvalue weighted by Gasteiger charge is 1.99. The van der Waals surface area contributed by atoms with E-state index in [1.54, 1.807) is 0 Å². The molecule has 0 aliphatic rings. The van der Waals surface area contributed by atoms with Crippen LogP contribution >= 0.6 is 0 Å². The van der Waals surface area contributed by atoms with Gasteiger partial charge in [0.25, 0.3) is 0 Å². The molecule has 0 aromatic rings. The Bertz CT molecular complexity index is 171. The zero-order valence-corrected chi connectivity index (χ0v) is 7.80. The fourth-order valence-electron chi connectivity index (χ4n) is 0.724. The normalized spacial score (nSPS) is 9.62. The average Bonchev–Trinajstić information content (AvgIpc) is 2.08. The molecule has 0 fully saturated rings. The molecular weight excluding hydrogens is 172 g/mol. The summed E-state index contributed by atoms with van der Waals surface area (Å²) >= 11 is 0. The van der Waals surface area contributed by atoms with Crippen LogP contribution in [-0.4, -0.2) is 36.6 Å². The predicted octanol–water partition coefficient (Wildman–Crippen LogP) is -0.423. The maximum atomic E-state index is 10.9. The van der Waals surface area contributed by atoms with Crippen LogP contribution in [-0.2, 0) is 9.59 Å². The van der Waals surface area contributed by atoms with Crippen LogP contribution in [0.1, 0.15) is 19.8 Å². The molecule has 5 nitrogen and oxygen atoms in total. The van der Waals surface area contributed by atoms with E-state index in [2.05, 4.69) is 10.6 Å². The van der Waals surface area contributed by atoms with Crippen LogP contribution < -0.4 is 10.6 Å². The van der Waals surface area contributed by atoms with Crippen molar-refractivity contribution in [2.24, 2.45) is 0 Å². The summed E-state index contributed by atoms with van der Waals surface area (Å²) in [6.07, 6.45) is 0.946. The molecule has 13 heavy (non-hydrogen) atoms. The molecule has 1 amide bonds. The van der Waals surface area contributed by atoms with Gasteiger partial charge in [0.15, 0.2) is 0 Å². The van der Waals surface area contributed by atoms with E-state index in [1.165, 1.54) is 0 Å². The number of carboxylic acid groups (broad SMARTS) is 1. The number of amides is 1. The van der Waals surface area contributed by atoms with Crippen molar-refractivity contribution in [1.29, 1.82) is 0 Å². The van der Waals surface area contributed by atoms with Crippen LogP contribution in [0.15, 0.2) is 0 Å². The molecule has 0 unspecified atom stereocenters. The van der Waals surface area contributed by atoms with E-state index in [0.29, 0.717) is 13.1 Å². The lowest BCUT2D eigenvalue weighted by atomic mass is 10.4. The summed E-state index contributed by atoms with van der Waals surface area (Å²) in [5.74, 6) is -0.950. The number of carbonyl (C=O) groups is 2. The molecule has 0 bridgehead atoms. The number of nitrogens with one attached hydrogen (secondary N) is 2. The SMILES string of the molecule is CCCNC(=O)CNCCC(=O)O. The number of hydrogen-bond acceptors (Lipinski definition) is 3. The van der Waals surface area contributed by atoms with Crippen LogP contribution in [0.5, 0.6) is 0 Å². The zero-order valence-electron chi connectivity index (χ0n) is 7.80. The van der Waals surface area contributed by atoms with Crippen molar-refractivity contribution in [3.63, 3.8) is 0 Å². The molecule has 76 valence electrons. The van der Waals surface area contributed by atoms with Gasteiger partial charge in [-0.15, -0.1) is 0 Å². The van der Waals surface area contributed by atoms with Crippen molar-refractivity contribution in [2.45, 2.75) is 19.8 Å².